The molecule has 8 nitrogen and oxygen atoms in total. The standard InChI is InChI=1S/C20H28N4O4S/c1-4-5-8-28-17-16(19(27)29)21-20-22(6-7-24(20)18(17)26)12-15(25)23-10-13(2)9-14(3)11-23/h6-7,13-14H,4-5,8-12H2,1-3H3,(H,27,29)/t13-,14-/m1/s1. The lowest BCUT2D eigenvalue weighted by molar-refractivity contribution is -0.134. The summed E-state index contributed by atoms with van der Waals surface area (Å²) in [4.78, 5) is 43.8. The molecule has 2 aromatic heterocycles. The van der Waals surface area contributed by atoms with Crippen LogP contribution in [0.3, 0.4) is 0 Å². The number of nitrogens with zero attached hydrogens (tertiary/aromatic N) is 4. The lowest BCUT2D eigenvalue weighted by Crippen LogP contribution is -2.44. The van der Waals surface area contributed by atoms with Crippen LogP contribution in [0, 0.1) is 11.8 Å². The molecule has 2 aromatic rings. The predicted octanol–water partition coefficient (Wildman–Crippen LogP) is 2.25. The monoisotopic (exact) mass is 420 g/mol. The number of imidazole rings is 1. The number of carbonyl (C=O) groups excluding carboxylic acids is 2. The molecule has 1 aliphatic rings. The minimum atomic E-state index is -0.645. The van der Waals surface area contributed by atoms with Crippen LogP contribution in [0.1, 0.15) is 50.5 Å². The molecule has 0 aliphatic carbocycles. The van der Waals surface area contributed by atoms with E-state index in [9.17, 15) is 14.4 Å². The zero-order valence-electron chi connectivity index (χ0n) is 17.1. The Morgan fingerprint density at radius 2 is 1.93 bits per heavy atom. The molecule has 3 heterocycles. The van der Waals surface area contributed by atoms with Crippen molar-refractivity contribution in [1.82, 2.24) is 18.9 Å². The van der Waals surface area contributed by atoms with Gasteiger partial charge in [-0.25, -0.2) is 9.38 Å². The molecular weight excluding hydrogens is 392 g/mol. The molecule has 0 saturated carbocycles. The number of thiol groups is 1. The molecule has 0 radical (unpaired) electrons. The minimum absolute atomic E-state index is 0.0298. The summed E-state index contributed by atoms with van der Waals surface area (Å²) in [6.07, 6.45) is 5.93. The number of hydrogen-bond acceptors (Lipinski definition) is 5. The van der Waals surface area contributed by atoms with Crippen LogP contribution in [0.2, 0.25) is 0 Å². The molecule has 2 atom stereocenters. The van der Waals surface area contributed by atoms with E-state index in [1.54, 1.807) is 17.0 Å². The third-order valence-corrected chi connectivity index (χ3v) is 5.39. The van der Waals surface area contributed by atoms with Crippen LogP contribution < -0.4 is 10.3 Å². The fourth-order valence-electron chi connectivity index (χ4n) is 3.89. The van der Waals surface area contributed by atoms with Crippen LogP contribution in [0.5, 0.6) is 5.75 Å². The van der Waals surface area contributed by atoms with Crippen molar-refractivity contribution in [1.29, 1.82) is 0 Å². The maximum absolute atomic E-state index is 12.8. The van der Waals surface area contributed by atoms with Gasteiger partial charge in [0.15, 0.2) is 5.69 Å². The summed E-state index contributed by atoms with van der Waals surface area (Å²) in [6, 6.07) is 0. The van der Waals surface area contributed by atoms with E-state index < -0.39 is 10.7 Å². The number of hydrogen-bond donors (Lipinski definition) is 1. The molecular formula is C20H28N4O4S. The third kappa shape index (κ3) is 4.66. The maximum Gasteiger partial charge on any atom is 0.302 e. The summed E-state index contributed by atoms with van der Waals surface area (Å²) in [6.45, 7) is 8.12. The third-order valence-electron chi connectivity index (χ3n) is 5.18. The Labute approximate surface area is 175 Å². The van der Waals surface area contributed by atoms with Gasteiger partial charge in [-0.3, -0.25) is 14.4 Å². The summed E-state index contributed by atoms with van der Waals surface area (Å²) < 4.78 is 8.43. The van der Waals surface area contributed by atoms with E-state index in [-0.39, 0.29) is 29.7 Å². The molecule has 29 heavy (non-hydrogen) atoms. The topological polar surface area (TPSA) is 85.9 Å². The number of piperidine rings is 1. The summed E-state index contributed by atoms with van der Waals surface area (Å²) in [5.74, 6) is 1.01. The Hall–Kier alpha value is -2.29. The summed E-state index contributed by atoms with van der Waals surface area (Å²) in [7, 11) is 0. The highest BCUT2D eigenvalue weighted by atomic mass is 32.1. The number of ether oxygens (including phenoxy) is 1. The lowest BCUT2D eigenvalue weighted by Gasteiger charge is -2.35. The molecule has 1 amide bonds. The molecule has 1 fully saturated rings. The Bertz CT molecular complexity index is 957. The first-order valence-corrected chi connectivity index (χ1v) is 10.5. The van der Waals surface area contributed by atoms with Crippen LogP contribution in [0.25, 0.3) is 5.78 Å². The highest BCUT2D eigenvalue weighted by Crippen LogP contribution is 2.21. The van der Waals surface area contributed by atoms with E-state index in [4.69, 9.17) is 4.74 Å². The van der Waals surface area contributed by atoms with Crippen molar-refractivity contribution in [2.75, 3.05) is 19.7 Å². The second kappa shape index (κ2) is 9.02. The van der Waals surface area contributed by atoms with Crippen molar-refractivity contribution in [3.8, 4) is 5.75 Å². The molecule has 9 heteroatoms. The van der Waals surface area contributed by atoms with E-state index in [1.807, 2.05) is 11.8 Å². The Balaban J connectivity index is 1.91. The molecule has 0 aromatic carbocycles. The second-order valence-corrected chi connectivity index (χ2v) is 8.35. The van der Waals surface area contributed by atoms with Crippen molar-refractivity contribution in [3.63, 3.8) is 0 Å². The van der Waals surface area contributed by atoms with Gasteiger partial charge in [0, 0.05) is 25.5 Å². The molecule has 0 spiro atoms. The van der Waals surface area contributed by atoms with Gasteiger partial charge in [-0.05, 0) is 24.7 Å². The number of unbranched alkanes of at least 4 members (excludes halogenated alkanes) is 1. The Kier molecular flexibility index (Phi) is 6.66. The van der Waals surface area contributed by atoms with E-state index >= 15 is 0 Å². The van der Waals surface area contributed by atoms with Crippen LogP contribution in [0.4, 0.5) is 0 Å². The van der Waals surface area contributed by atoms with Crippen LogP contribution in [-0.4, -0.2) is 49.6 Å². The summed E-state index contributed by atoms with van der Waals surface area (Å²) in [5.41, 5.74) is -0.600. The first kappa shape index (κ1) is 21.4. The quantitative estimate of drug-likeness (QED) is 0.548. The van der Waals surface area contributed by atoms with Crippen molar-refractivity contribution < 1.29 is 14.3 Å². The first-order valence-electron chi connectivity index (χ1n) is 10.1. The van der Waals surface area contributed by atoms with Crippen LogP contribution in [0.15, 0.2) is 17.2 Å². The zero-order chi connectivity index (χ0) is 21.1. The van der Waals surface area contributed by atoms with Crippen LogP contribution >= 0.6 is 12.6 Å². The van der Waals surface area contributed by atoms with Gasteiger partial charge < -0.3 is 14.2 Å². The number of rotatable bonds is 7. The van der Waals surface area contributed by atoms with Crippen LogP contribution in [-0.2, 0) is 11.3 Å². The predicted molar refractivity (Wildman–Crippen MR) is 113 cm³/mol. The largest absolute Gasteiger partial charge is 0.486 e. The van der Waals surface area contributed by atoms with E-state index in [0.717, 1.165) is 32.4 Å². The molecule has 0 bridgehead atoms. The maximum atomic E-state index is 12.8. The van der Waals surface area contributed by atoms with E-state index in [2.05, 4.69) is 31.5 Å². The molecule has 158 valence electrons. The second-order valence-electron chi connectivity index (χ2n) is 7.94. The van der Waals surface area contributed by atoms with Crippen molar-refractivity contribution in [2.45, 2.75) is 46.6 Å². The highest BCUT2D eigenvalue weighted by molar-refractivity contribution is 7.97. The molecule has 3 rings (SSSR count). The van der Waals surface area contributed by atoms with Gasteiger partial charge in [0.05, 0.1) is 6.61 Å². The first-order chi connectivity index (χ1) is 13.8. The van der Waals surface area contributed by atoms with E-state index in [1.165, 1.54) is 4.40 Å². The van der Waals surface area contributed by atoms with Gasteiger partial charge in [0.25, 0.3) is 0 Å². The fraction of sp³-hybridized carbons (Fsp3) is 0.600. The molecule has 1 saturated heterocycles. The number of aromatic nitrogens is 3. The average molecular weight is 421 g/mol. The Morgan fingerprint density at radius 1 is 1.24 bits per heavy atom. The van der Waals surface area contributed by atoms with E-state index in [0.29, 0.717) is 18.4 Å². The minimum Gasteiger partial charge on any atom is -0.486 e. The van der Waals surface area contributed by atoms with Gasteiger partial charge in [-0.15, -0.1) is 0 Å². The number of fused-ring (bicyclic) bond motifs is 1. The smallest absolute Gasteiger partial charge is 0.302 e. The Morgan fingerprint density at radius 3 is 2.55 bits per heavy atom. The van der Waals surface area contributed by atoms with Gasteiger partial charge in [0.2, 0.25) is 22.5 Å². The molecule has 0 unspecified atom stereocenters. The SMILES string of the molecule is CCCCOc1c(C(=O)S)nc2n(CC(=O)N3C[C@H](C)C[C@@H](C)C3)ccn2c1=O. The number of amides is 1. The van der Waals surface area contributed by atoms with Crippen molar-refractivity contribution >= 4 is 29.4 Å². The molecule has 0 N–H and O–H groups in total. The van der Waals surface area contributed by atoms with Crippen molar-refractivity contribution in [2.24, 2.45) is 11.8 Å². The summed E-state index contributed by atoms with van der Waals surface area (Å²) in [5, 5.41) is -0.645. The number of carbonyl (C=O) groups is 2. The molecule has 1 aliphatic heterocycles. The number of likely N-dealkylation sites (tertiary alicyclic amines) is 1. The summed E-state index contributed by atoms with van der Waals surface area (Å²) >= 11 is 3.85. The van der Waals surface area contributed by atoms with Gasteiger partial charge in [-0.2, -0.15) is 0 Å². The lowest BCUT2D eigenvalue weighted by atomic mass is 9.92. The van der Waals surface area contributed by atoms with Gasteiger partial charge in [-0.1, -0.05) is 39.8 Å². The van der Waals surface area contributed by atoms with Gasteiger partial charge in [0.1, 0.15) is 6.54 Å². The van der Waals surface area contributed by atoms with Crippen molar-refractivity contribution in [3.05, 3.63) is 28.4 Å². The highest BCUT2D eigenvalue weighted by Gasteiger charge is 2.26. The normalized spacial score (nSPS) is 19.5. The van der Waals surface area contributed by atoms with Gasteiger partial charge >= 0.3 is 5.56 Å². The fourth-order valence-corrected chi connectivity index (χ4v) is 4.04. The zero-order valence-corrected chi connectivity index (χ0v) is 18.0. The average Bonchev–Trinajstić information content (AvgIpc) is 3.05.